The molecule has 0 N–H and O–H groups in total. The van der Waals surface area contributed by atoms with Gasteiger partial charge in [0.25, 0.3) is 0 Å². The quantitative estimate of drug-likeness (QED) is 0.790. The van der Waals surface area contributed by atoms with Crippen molar-refractivity contribution in [2.75, 3.05) is 31.1 Å². The van der Waals surface area contributed by atoms with Gasteiger partial charge in [0.2, 0.25) is 0 Å². The van der Waals surface area contributed by atoms with Crippen LogP contribution in [0, 0.1) is 5.82 Å². The number of halogens is 1. The summed E-state index contributed by atoms with van der Waals surface area (Å²) in [5.41, 5.74) is 2.03. The molecule has 1 atom stereocenters. The number of piperazine rings is 1. The van der Waals surface area contributed by atoms with E-state index in [2.05, 4.69) is 15.9 Å². The fourth-order valence-electron chi connectivity index (χ4n) is 3.08. The van der Waals surface area contributed by atoms with E-state index in [9.17, 15) is 9.18 Å². The predicted molar refractivity (Wildman–Crippen MR) is 77.4 cm³/mol. The summed E-state index contributed by atoms with van der Waals surface area (Å²) in [4.78, 5) is 15.5. The molecule has 1 aliphatic carbocycles. The predicted octanol–water partition coefficient (Wildman–Crippen LogP) is 2.24. The van der Waals surface area contributed by atoms with Crippen molar-refractivity contribution in [3.8, 4) is 0 Å². The van der Waals surface area contributed by atoms with E-state index < -0.39 is 0 Å². The van der Waals surface area contributed by atoms with Crippen LogP contribution in [0.2, 0.25) is 0 Å². The third-order valence-electron chi connectivity index (χ3n) is 4.26. The van der Waals surface area contributed by atoms with Gasteiger partial charge in [-0.05, 0) is 42.7 Å². The number of carbonyl (C=O) groups excluding carboxylic acids is 1. The molecule has 106 valence electrons. The standard InChI is InChI=1S/C16H19FN2O/c17-14-2-5-15(6-3-14)18-7-9-19(10-8-18)16-4-1-13(11-16)12-20/h2-3,5-6,11-12,16H,1,4,7-10H2. The Balaban J connectivity index is 1.58. The second-order valence-corrected chi connectivity index (χ2v) is 5.46. The normalized spacial score (nSPS) is 23.8. The number of nitrogens with zero attached hydrogens (tertiary/aromatic N) is 2. The first kappa shape index (κ1) is 13.3. The lowest BCUT2D eigenvalue weighted by Gasteiger charge is -2.38. The van der Waals surface area contributed by atoms with Gasteiger partial charge in [-0.25, -0.2) is 4.39 Å². The van der Waals surface area contributed by atoms with E-state index in [0.29, 0.717) is 6.04 Å². The van der Waals surface area contributed by atoms with Crippen molar-refractivity contribution < 1.29 is 9.18 Å². The van der Waals surface area contributed by atoms with Gasteiger partial charge >= 0.3 is 0 Å². The fourth-order valence-corrected chi connectivity index (χ4v) is 3.08. The molecule has 1 fully saturated rings. The average Bonchev–Trinajstić information content (AvgIpc) is 2.97. The van der Waals surface area contributed by atoms with E-state index in [1.165, 1.54) is 12.1 Å². The molecule has 1 saturated heterocycles. The SMILES string of the molecule is O=CC1=CC(N2CCN(c3ccc(F)cc3)CC2)CC1. The third-order valence-corrected chi connectivity index (χ3v) is 4.26. The summed E-state index contributed by atoms with van der Waals surface area (Å²) in [6.45, 7) is 3.88. The van der Waals surface area contributed by atoms with Crippen molar-refractivity contribution in [2.24, 2.45) is 0 Å². The van der Waals surface area contributed by atoms with Crippen molar-refractivity contribution in [1.82, 2.24) is 4.90 Å². The second kappa shape index (κ2) is 5.75. The summed E-state index contributed by atoms with van der Waals surface area (Å²) in [5, 5.41) is 0. The molecule has 0 saturated carbocycles. The number of benzene rings is 1. The second-order valence-electron chi connectivity index (χ2n) is 5.46. The summed E-state index contributed by atoms with van der Waals surface area (Å²) >= 11 is 0. The molecule has 1 unspecified atom stereocenters. The zero-order valence-electron chi connectivity index (χ0n) is 11.5. The van der Waals surface area contributed by atoms with Gasteiger partial charge in [0.1, 0.15) is 12.1 Å². The molecule has 20 heavy (non-hydrogen) atoms. The highest BCUT2D eigenvalue weighted by Gasteiger charge is 2.25. The Bertz CT molecular complexity index is 504. The topological polar surface area (TPSA) is 23.6 Å². The van der Waals surface area contributed by atoms with Gasteiger partial charge in [-0.15, -0.1) is 0 Å². The van der Waals surface area contributed by atoms with E-state index in [-0.39, 0.29) is 5.82 Å². The smallest absolute Gasteiger partial charge is 0.145 e. The molecule has 2 aliphatic rings. The molecular formula is C16H19FN2O. The van der Waals surface area contributed by atoms with Gasteiger partial charge in [-0.1, -0.05) is 6.08 Å². The molecule has 3 rings (SSSR count). The van der Waals surface area contributed by atoms with Crippen LogP contribution in [0.25, 0.3) is 0 Å². The van der Waals surface area contributed by atoms with Crippen molar-refractivity contribution in [3.05, 3.63) is 41.7 Å². The van der Waals surface area contributed by atoms with E-state index >= 15 is 0 Å². The lowest BCUT2D eigenvalue weighted by molar-refractivity contribution is -0.105. The monoisotopic (exact) mass is 274 g/mol. The Morgan fingerprint density at radius 3 is 2.40 bits per heavy atom. The lowest BCUT2D eigenvalue weighted by Crippen LogP contribution is -2.49. The van der Waals surface area contributed by atoms with Gasteiger partial charge in [0.15, 0.2) is 0 Å². The molecular weight excluding hydrogens is 255 g/mol. The summed E-state index contributed by atoms with van der Waals surface area (Å²) in [7, 11) is 0. The molecule has 0 spiro atoms. The number of carbonyl (C=O) groups is 1. The molecule has 0 radical (unpaired) electrons. The highest BCUT2D eigenvalue weighted by atomic mass is 19.1. The number of rotatable bonds is 3. The zero-order chi connectivity index (χ0) is 13.9. The third kappa shape index (κ3) is 2.75. The molecule has 0 bridgehead atoms. The minimum Gasteiger partial charge on any atom is -0.369 e. The van der Waals surface area contributed by atoms with Gasteiger partial charge in [0, 0.05) is 37.9 Å². The molecule has 1 aromatic carbocycles. The van der Waals surface area contributed by atoms with Gasteiger partial charge in [-0.3, -0.25) is 9.69 Å². The molecule has 4 heteroatoms. The summed E-state index contributed by atoms with van der Waals surface area (Å²) in [5.74, 6) is -0.190. The van der Waals surface area contributed by atoms with Crippen molar-refractivity contribution in [3.63, 3.8) is 0 Å². The van der Waals surface area contributed by atoms with Crippen LogP contribution >= 0.6 is 0 Å². The number of hydrogen-bond donors (Lipinski definition) is 0. The van der Waals surface area contributed by atoms with E-state index in [4.69, 9.17) is 0 Å². The van der Waals surface area contributed by atoms with Crippen LogP contribution in [0.3, 0.4) is 0 Å². The first-order chi connectivity index (χ1) is 9.76. The Hall–Kier alpha value is -1.68. The largest absolute Gasteiger partial charge is 0.369 e. The van der Waals surface area contributed by atoms with Crippen molar-refractivity contribution >= 4 is 12.0 Å². The highest BCUT2D eigenvalue weighted by molar-refractivity contribution is 5.74. The van der Waals surface area contributed by atoms with Crippen LogP contribution in [-0.2, 0) is 4.79 Å². The van der Waals surface area contributed by atoms with E-state index in [1.54, 1.807) is 0 Å². The Kier molecular flexibility index (Phi) is 3.83. The van der Waals surface area contributed by atoms with Gasteiger partial charge in [-0.2, -0.15) is 0 Å². The van der Waals surface area contributed by atoms with Gasteiger partial charge < -0.3 is 4.90 Å². The zero-order valence-corrected chi connectivity index (χ0v) is 11.5. The minimum absolute atomic E-state index is 0.190. The van der Waals surface area contributed by atoms with Crippen LogP contribution in [0.15, 0.2) is 35.9 Å². The Morgan fingerprint density at radius 2 is 1.80 bits per heavy atom. The van der Waals surface area contributed by atoms with Crippen molar-refractivity contribution in [2.45, 2.75) is 18.9 Å². The first-order valence-electron chi connectivity index (χ1n) is 7.17. The molecule has 1 aliphatic heterocycles. The molecule has 0 aromatic heterocycles. The summed E-state index contributed by atoms with van der Waals surface area (Å²) < 4.78 is 12.9. The molecule has 3 nitrogen and oxygen atoms in total. The van der Waals surface area contributed by atoms with Gasteiger partial charge in [0.05, 0.1) is 0 Å². The Labute approximate surface area is 118 Å². The summed E-state index contributed by atoms with van der Waals surface area (Å²) in [6, 6.07) is 7.12. The molecule has 1 heterocycles. The van der Waals surface area contributed by atoms with Crippen molar-refractivity contribution in [1.29, 1.82) is 0 Å². The number of hydrogen-bond acceptors (Lipinski definition) is 3. The Morgan fingerprint density at radius 1 is 1.10 bits per heavy atom. The van der Waals surface area contributed by atoms with Crippen LogP contribution < -0.4 is 4.90 Å². The maximum atomic E-state index is 12.9. The minimum atomic E-state index is -0.190. The fraction of sp³-hybridized carbons (Fsp3) is 0.438. The number of anilines is 1. The maximum Gasteiger partial charge on any atom is 0.145 e. The van der Waals surface area contributed by atoms with Crippen LogP contribution in [0.1, 0.15) is 12.8 Å². The summed E-state index contributed by atoms with van der Waals surface area (Å²) in [6.07, 6.45) is 5.06. The lowest BCUT2D eigenvalue weighted by atomic mass is 10.1. The van der Waals surface area contributed by atoms with E-state index in [0.717, 1.165) is 56.6 Å². The number of aldehydes is 1. The van der Waals surface area contributed by atoms with E-state index in [1.807, 2.05) is 12.1 Å². The first-order valence-corrected chi connectivity index (χ1v) is 7.17. The van der Waals surface area contributed by atoms with Crippen LogP contribution in [0.4, 0.5) is 10.1 Å². The number of allylic oxidation sites excluding steroid dienone is 1. The highest BCUT2D eigenvalue weighted by Crippen LogP contribution is 2.24. The average molecular weight is 274 g/mol. The molecule has 1 aromatic rings. The molecule has 0 amide bonds. The maximum absolute atomic E-state index is 12.9. The van der Waals surface area contributed by atoms with Crippen LogP contribution in [0.5, 0.6) is 0 Å². The van der Waals surface area contributed by atoms with Crippen LogP contribution in [-0.4, -0.2) is 43.4 Å².